The Morgan fingerprint density at radius 2 is 1.27 bits per heavy atom. The van der Waals surface area contributed by atoms with E-state index in [1.807, 2.05) is 0 Å². The normalized spacial score (nSPS) is 9.40. The standard InChI is InChI=1S/C6H8O7.K.Mg/c7-3(8)1-6(13,5(11)12)2-4(9)10;;/h13H,1-2H2,(H,7,8)(H,9,10)(H,11,12);;/q;+1;+2/p-3. The number of carbonyl (C=O) groups is 3. The summed E-state index contributed by atoms with van der Waals surface area (Å²) in [4.78, 5) is 30.0. The first-order valence-corrected chi connectivity index (χ1v) is 3.11. The van der Waals surface area contributed by atoms with Crippen LogP contribution in [0.5, 0.6) is 0 Å². The van der Waals surface area contributed by atoms with Gasteiger partial charge in [-0.1, -0.05) is 0 Å². The molecule has 0 amide bonds. The second kappa shape index (κ2) is 8.87. The van der Waals surface area contributed by atoms with Crippen LogP contribution in [0.4, 0.5) is 0 Å². The minimum Gasteiger partial charge on any atom is -0.550 e. The van der Waals surface area contributed by atoms with E-state index in [1.165, 1.54) is 0 Å². The van der Waals surface area contributed by atoms with Gasteiger partial charge in [0.05, 0.1) is 5.97 Å². The van der Waals surface area contributed by atoms with Gasteiger partial charge < -0.3 is 34.8 Å². The van der Waals surface area contributed by atoms with E-state index in [-0.39, 0.29) is 74.4 Å². The maximum absolute atomic E-state index is 10.1. The van der Waals surface area contributed by atoms with Crippen LogP contribution in [0.15, 0.2) is 0 Å². The third kappa shape index (κ3) is 8.57. The molecule has 0 aromatic carbocycles. The van der Waals surface area contributed by atoms with Crippen molar-refractivity contribution in [1.82, 2.24) is 0 Å². The van der Waals surface area contributed by atoms with Gasteiger partial charge in [0.2, 0.25) is 0 Å². The molecule has 0 saturated carbocycles. The molecule has 0 spiro atoms. The number of carboxylic acids is 3. The summed E-state index contributed by atoms with van der Waals surface area (Å²) >= 11 is 0. The Balaban J connectivity index is -0.000000720. The van der Waals surface area contributed by atoms with Gasteiger partial charge >= 0.3 is 74.4 Å². The fourth-order valence-corrected chi connectivity index (χ4v) is 0.684. The second-order valence-corrected chi connectivity index (χ2v) is 2.42. The molecule has 0 unspecified atom stereocenters. The Morgan fingerprint density at radius 3 is 1.40 bits per heavy atom. The third-order valence-electron chi connectivity index (χ3n) is 1.25. The summed E-state index contributed by atoms with van der Waals surface area (Å²) in [5.74, 6) is -5.98. The van der Waals surface area contributed by atoms with Gasteiger partial charge in [-0.3, -0.25) is 0 Å². The summed E-state index contributed by atoms with van der Waals surface area (Å²) in [5.41, 5.74) is -2.97. The molecule has 1 N–H and O–H groups in total. The number of hydrogen-bond acceptors (Lipinski definition) is 7. The molecule has 0 fully saturated rings. The third-order valence-corrected chi connectivity index (χ3v) is 1.25. The van der Waals surface area contributed by atoms with Gasteiger partial charge in [0.15, 0.2) is 0 Å². The molecule has 7 nitrogen and oxygen atoms in total. The molecule has 0 saturated heterocycles. The van der Waals surface area contributed by atoms with Crippen molar-refractivity contribution in [3.05, 3.63) is 0 Å². The first-order valence-electron chi connectivity index (χ1n) is 3.11. The van der Waals surface area contributed by atoms with Crippen LogP contribution in [0.2, 0.25) is 0 Å². The molecular weight excluding hydrogens is 247 g/mol. The van der Waals surface area contributed by atoms with E-state index in [0.29, 0.717) is 0 Å². The van der Waals surface area contributed by atoms with Crippen molar-refractivity contribution in [2.45, 2.75) is 18.4 Å². The zero-order chi connectivity index (χ0) is 10.6. The topological polar surface area (TPSA) is 141 Å². The predicted octanol–water partition coefficient (Wildman–Crippen LogP) is -8.63. The molecule has 0 radical (unpaired) electrons. The Labute approximate surface area is 143 Å². The van der Waals surface area contributed by atoms with Crippen molar-refractivity contribution in [2.75, 3.05) is 0 Å². The van der Waals surface area contributed by atoms with E-state index in [9.17, 15) is 29.7 Å². The van der Waals surface area contributed by atoms with Crippen molar-refractivity contribution in [1.29, 1.82) is 0 Å². The number of hydrogen-bond donors (Lipinski definition) is 1. The van der Waals surface area contributed by atoms with Crippen LogP contribution >= 0.6 is 0 Å². The SMILES string of the molecule is O=C([O-])CC(O)(CC(=O)[O-])C(=O)[O-].[K+].[Mg+2]. The molecule has 0 heterocycles. The molecule has 0 aliphatic carbocycles. The summed E-state index contributed by atoms with van der Waals surface area (Å²) in [6, 6.07) is 0. The van der Waals surface area contributed by atoms with Crippen LogP contribution in [-0.4, -0.2) is 51.7 Å². The number of carboxylic acid groups (broad SMARTS) is 3. The second-order valence-electron chi connectivity index (χ2n) is 2.42. The van der Waals surface area contributed by atoms with Crippen LogP contribution < -0.4 is 66.7 Å². The van der Waals surface area contributed by atoms with Crippen LogP contribution in [0.25, 0.3) is 0 Å². The average molecular weight is 253 g/mol. The van der Waals surface area contributed by atoms with Crippen LogP contribution in [0.1, 0.15) is 12.8 Å². The molecule has 9 heteroatoms. The van der Waals surface area contributed by atoms with E-state index in [4.69, 9.17) is 5.11 Å². The van der Waals surface area contributed by atoms with Crippen molar-refractivity contribution in [3.8, 4) is 0 Å². The van der Waals surface area contributed by atoms with E-state index >= 15 is 0 Å². The first-order chi connectivity index (χ1) is 5.78. The average Bonchev–Trinajstić information content (AvgIpc) is 1.82. The van der Waals surface area contributed by atoms with Crippen molar-refractivity contribution >= 4 is 41.0 Å². The minimum absolute atomic E-state index is 0. The Morgan fingerprint density at radius 1 is 1.00 bits per heavy atom. The van der Waals surface area contributed by atoms with Crippen LogP contribution in [0, 0.1) is 0 Å². The number of rotatable bonds is 5. The Kier molecular flexibility index (Phi) is 12.5. The summed E-state index contributed by atoms with van der Waals surface area (Å²) in [6.45, 7) is 0. The quantitative estimate of drug-likeness (QED) is 0.479. The van der Waals surface area contributed by atoms with Gasteiger partial charge in [0.1, 0.15) is 5.60 Å². The molecule has 0 aliphatic rings. The van der Waals surface area contributed by atoms with Crippen molar-refractivity contribution in [2.24, 2.45) is 0 Å². The molecule has 0 aliphatic heterocycles. The fourth-order valence-electron chi connectivity index (χ4n) is 0.684. The molecule has 15 heavy (non-hydrogen) atoms. The van der Waals surface area contributed by atoms with E-state index in [2.05, 4.69) is 0 Å². The largest absolute Gasteiger partial charge is 2.00 e. The van der Waals surface area contributed by atoms with Gasteiger partial charge in [-0.05, 0) is 0 Å². The Hall–Kier alpha value is 0.773. The van der Waals surface area contributed by atoms with Crippen molar-refractivity contribution < 1.29 is 86.2 Å². The maximum Gasteiger partial charge on any atom is 2.00 e. The minimum atomic E-state index is -2.97. The van der Waals surface area contributed by atoms with Gasteiger partial charge in [-0.25, -0.2) is 0 Å². The van der Waals surface area contributed by atoms with Gasteiger partial charge in [-0.2, -0.15) is 0 Å². The van der Waals surface area contributed by atoms with Gasteiger partial charge in [-0.15, -0.1) is 0 Å². The molecule has 74 valence electrons. The summed E-state index contributed by atoms with van der Waals surface area (Å²) < 4.78 is 0. The monoisotopic (exact) mass is 252 g/mol. The maximum atomic E-state index is 10.1. The van der Waals surface area contributed by atoms with Crippen molar-refractivity contribution in [3.63, 3.8) is 0 Å². The van der Waals surface area contributed by atoms with Crippen LogP contribution in [-0.2, 0) is 14.4 Å². The van der Waals surface area contributed by atoms with E-state index in [0.717, 1.165) is 0 Å². The molecule has 0 aromatic rings. The number of aliphatic hydroxyl groups is 1. The fraction of sp³-hybridized carbons (Fsp3) is 0.500. The summed E-state index contributed by atoms with van der Waals surface area (Å²) in [7, 11) is 0. The number of carbonyl (C=O) groups excluding carboxylic acids is 3. The number of aliphatic carboxylic acids is 3. The molecule has 0 bridgehead atoms. The predicted molar refractivity (Wildman–Crippen MR) is 35.0 cm³/mol. The summed E-state index contributed by atoms with van der Waals surface area (Å²) in [5, 5.41) is 38.9. The van der Waals surface area contributed by atoms with E-state index in [1.54, 1.807) is 0 Å². The summed E-state index contributed by atoms with van der Waals surface area (Å²) in [6.07, 6.45) is -2.72. The Bertz CT molecular complexity index is 238. The van der Waals surface area contributed by atoms with E-state index < -0.39 is 36.4 Å². The molecule has 0 aromatic heterocycles. The zero-order valence-corrected chi connectivity index (χ0v) is 12.6. The zero-order valence-electron chi connectivity index (χ0n) is 8.02. The smallest absolute Gasteiger partial charge is 0.550 e. The van der Waals surface area contributed by atoms with Gasteiger partial charge in [0.25, 0.3) is 0 Å². The molecule has 0 atom stereocenters. The van der Waals surface area contributed by atoms with Crippen LogP contribution in [0.3, 0.4) is 0 Å². The molecule has 0 rings (SSSR count). The van der Waals surface area contributed by atoms with Gasteiger partial charge in [0, 0.05) is 24.8 Å². The molecular formula is C6H5KMgO7. The first kappa shape index (κ1) is 21.1.